The minimum absolute atomic E-state index is 0.112. The molecule has 2 aromatic carbocycles. The molecule has 0 spiro atoms. The Hall–Kier alpha value is -3.68. The molecular weight excluding hydrogens is 458 g/mol. The summed E-state index contributed by atoms with van der Waals surface area (Å²) in [6, 6.07) is 13.5. The van der Waals surface area contributed by atoms with Crippen LogP contribution in [0.4, 0.5) is 0 Å². The summed E-state index contributed by atoms with van der Waals surface area (Å²) in [5.74, 6) is 1.78. The lowest BCUT2D eigenvalue weighted by Gasteiger charge is -2.45. The van der Waals surface area contributed by atoms with Crippen molar-refractivity contribution in [2.75, 3.05) is 13.9 Å². The number of rotatable bonds is 5. The Morgan fingerprint density at radius 2 is 1.89 bits per heavy atom. The summed E-state index contributed by atoms with van der Waals surface area (Å²) in [5.41, 5.74) is 1.27. The molecule has 1 aromatic heterocycles. The van der Waals surface area contributed by atoms with E-state index in [0.717, 1.165) is 42.1 Å². The van der Waals surface area contributed by atoms with E-state index < -0.39 is 5.54 Å². The molecule has 3 heterocycles. The van der Waals surface area contributed by atoms with Gasteiger partial charge in [0.05, 0.1) is 19.2 Å². The summed E-state index contributed by atoms with van der Waals surface area (Å²) in [5, 5.41) is 4.23. The second-order valence-corrected chi connectivity index (χ2v) is 10.2. The number of hydrogen-bond donors (Lipinski definition) is 1. The lowest BCUT2D eigenvalue weighted by Crippen LogP contribution is -2.64. The van der Waals surface area contributed by atoms with Crippen molar-refractivity contribution in [1.29, 1.82) is 0 Å². The number of hydrogen-bond acceptors (Lipinski definition) is 5. The van der Waals surface area contributed by atoms with E-state index in [2.05, 4.69) is 5.32 Å². The lowest BCUT2D eigenvalue weighted by atomic mass is 9.91. The molecule has 8 nitrogen and oxygen atoms in total. The highest BCUT2D eigenvalue weighted by molar-refractivity contribution is 6.03. The Morgan fingerprint density at radius 1 is 1.08 bits per heavy atom. The Morgan fingerprint density at radius 3 is 2.69 bits per heavy atom. The summed E-state index contributed by atoms with van der Waals surface area (Å²) in [4.78, 5) is 29.7. The zero-order chi connectivity index (χ0) is 24.9. The van der Waals surface area contributed by atoms with Crippen molar-refractivity contribution in [2.24, 2.45) is 0 Å². The van der Waals surface area contributed by atoms with E-state index >= 15 is 0 Å². The first-order valence-electron chi connectivity index (χ1n) is 12.6. The van der Waals surface area contributed by atoms with Gasteiger partial charge in [0.25, 0.3) is 5.91 Å². The molecule has 0 bridgehead atoms. The van der Waals surface area contributed by atoms with E-state index in [9.17, 15) is 9.59 Å². The number of carbonyl (C=O) groups is 2. The molecule has 3 aromatic rings. The molecule has 0 radical (unpaired) electrons. The van der Waals surface area contributed by atoms with Crippen LogP contribution >= 0.6 is 0 Å². The number of amides is 2. The molecule has 1 aliphatic carbocycles. The number of nitrogens with zero attached hydrogens (tertiary/aromatic N) is 2. The molecule has 1 saturated carbocycles. The molecule has 188 valence electrons. The van der Waals surface area contributed by atoms with Crippen molar-refractivity contribution in [2.45, 2.75) is 63.7 Å². The van der Waals surface area contributed by atoms with Gasteiger partial charge in [-0.05, 0) is 55.7 Å². The maximum Gasteiger partial charge on any atom is 0.271 e. The van der Waals surface area contributed by atoms with E-state index in [-0.39, 0.29) is 31.2 Å². The molecule has 0 saturated heterocycles. The Bertz CT molecular complexity index is 1340. The monoisotopic (exact) mass is 489 g/mol. The van der Waals surface area contributed by atoms with E-state index in [0.29, 0.717) is 29.5 Å². The molecule has 2 amide bonds. The van der Waals surface area contributed by atoms with Gasteiger partial charge in [-0.1, -0.05) is 25.3 Å². The average Bonchev–Trinajstić information content (AvgIpc) is 3.51. The van der Waals surface area contributed by atoms with Crippen LogP contribution in [-0.4, -0.2) is 46.8 Å². The average molecular weight is 490 g/mol. The van der Waals surface area contributed by atoms with Crippen molar-refractivity contribution in [1.82, 2.24) is 14.8 Å². The van der Waals surface area contributed by atoms with Gasteiger partial charge in [0.15, 0.2) is 11.5 Å². The van der Waals surface area contributed by atoms with Crippen LogP contribution < -0.4 is 19.5 Å². The second kappa shape index (κ2) is 8.76. The number of fused-ring (bicyclic) bond motifs is 4. The van der Waals surface area contributed by atoms with Crippen LogP contribution in [0.25, 0.3) is 10.9 Å². The minimum Gasteiger partial charge on any atom is -0.497 e. The van der Waals surface area contributed by atoms with Gasteiger partial charge >= 0.3 is 0 Å². The van der Waals surface area contributed by atoms with Crippen molar-refractivity contribution in [3.63, 3.8) is 0 Å². The first-order chi connectivity index (χ1) is 17.5. The van der Waals surface area contributed by atoms with Crippen LogP contribution in [-0.2, 0) is 17.9 Å². The molecule has 2 aliphatic heterocycles. The van der Waals surface area contributed by atoms with E-state index in [1.165, 1.54) is 6.42 Å². The first-order valence-corrected chi connectivity index (χ1v) is 12.6. The SMILES string of the molecule is COc1ccc2cc3n(c2c1)C[C@@](C)(C(=O)NC1CCCCC1)N(Cc1ccc2c(c1)OCO2)C3=O. The zero-order valence-corrected chi connectivity index (χ0v) is 20.7. The van der Waals surface area contributed by atoms with Crippen LogP contribution in [0.2, 0.25) is 0 Å². The fraction of sp³-hybridized carbons (Fsp3) is 0.429. The molecule has 36 heavy (non-hydrogen) atoms. The molecule has 6 rings (SSSR count). The maximum absolute atomic E-state index is 14.0. The predicted octanol–water partition coefficient (Wildman–Crippen LogP) is 4.24. The predicted molar refractivity (Wildman–Crippen MR) is 134 cm³/mol. The molecule has 1 fully saturated rings. The smallest absolute Gasteiger partial charge is 0.271 e. The largest absolute Gasteiger partial charge is 0.497 e. The lowest BCUT2D eigenvalue weighted by molar-refractivity contribution is -0.134. The van der Waals surface area contributed by atoms with Gasteiger partial charge < -0.3 is 29.0 Å². The Labute approximate surface area is 210 Å². The Balaban J connectivity index is 1.40. The molecule has 3 aliphatic rings. The normalized spacial score (nSPS) is 21.5. The van der Waals surface area contributed by atoms with Crippen molar-refractivity contribution in [3.8, 4) is 17.2 Å². The van der Waals surface area contributed by atoms with E-state index in [1.807, 2.05) is 54.0 Å². The van der Waals surface area contributed by atoms with Crippen LogP contribution in [0.15, 0.2) is 42.5 Å². The summed E-state index contributed by atoms with van der Waals surface area (Å²) < 4.78 is 18.4. The first kappa shape index (κ1) is 22.8. The van der Waals surface area contributed by atoms with Gasteiger partial charge in [-0.15, -0.1) is 0 Å². The van der Waals surface area contributed by atoms with Crippen molar-refractivity contribution in [3.05, 3.63) is 53.7 Å². The van der Waals surface area contributed by atoms with Gasteiger partial charge in [-0.3, -0.25) is 9.59 Å². The summed E-state index contributed by atoms with van der Waals surface area (Å²) in [6.45, 7) is 2.71. The second-order valence-electron chi connectivity index (χ2n) is 10.2. The highest BCUT2D eigenvalue weighted by atomic mass is 16.7. The van der Waals surface area contributed by atoms with Gasteiger partial charge in [-0.25, -0.2) is 0 Å². The topological polar surface area (TPSA) is 82.0 Å². The van der Waals surface area contributed by atoms with Gasteiger partial charge in [0.1, 0.15) is 17.0 Å². The number of ether oxygens (including phenoxy) is 3. The summed E-state index contributed by atoms with van der Waals surface area (Å²) >= 11 is 0. The summed E-state index contributed by atoms with van der Waals surface area (Å²) in [6.07, 6.45) is 5.40. The van der Waals surface area contributed by atoms with Crippen molar-refractivity contribution < 1.29 is 23.8 Å². The van der Waals surface area contributed by atoms with Crippen LogP contribution in [0.3, 0.4) is 0 Å². The third-order valence-electron chi connectivity index (χ3n) is 7.84. The fourth-order valence-electron chi connectivity index (χ4n) is 5.71. The molecule has 1 N–H and O–H groups in total. The number of carbonyl (C=O) groups excluding carboxylic acids is 2. The highest BCUT2D eigenvalue weighted by Crippen LogP contribution is 2.37. The number of methoxy groups -OCH3 is 1. The van der Waals surface area contributed by atoms with Crippen LogP contribution in [0.1, 0.15) is 55.1 Å². The quantitative estimate of drug-likeness (QED) is 0.580. The number of benzene rings is 2. The standard InChI is InChI=1S/C28H31N3O5/c1-28(27(33)29-20-6-4-3-5-7-20)16-30-22-14-21(34-2)10-9-19(22)13-23(30)26(32)31(28)15-18-8-11-24-25(12-18)36-17-35-24/h8-14,20H,3-7,15-17H2,1-2H3,(H,29,33)/t28-/m0/s1. The van der Waals surface area contributed by atoms with Gasteiger partial charge in [0, 0.05) is 24.0 Å². The third-order valence-corrected chi connectivity index (χ3v) is 7.84. The number of nitrogens with one attached hydrogen (secondary N) is 1. The van der Waals surface area contributed by atoms with Gasteiger partial charge in [-0.2, -0.15) is 0 Å². The Kier molecular flexibility index (Phi) is 5.54. The molecule has 0 unspecified atom stereocenters. The summed E-state index contributed by atoms with van der Waals surface area (Å²) in [7, 11) is 1.63. The zero-order valence-electron chi connectivity index (χ0n) is 20.7. The molecule has 1 atom stereocenters. The highest BCUT2D eigenvalue weighted by Gasteiger charge is 2.48. The number of aromatic nitrogens is 1. The van der Waals surface area contributed by atoms with Gasteiger partial charge in [0.2, 0.25) is 12.7 Å². The minimum atomic E-state index is -1.08. The van der Waals surface area contributed by atoms with Crippen LogP contribution in [0, 0.1) is 0 Å². The van der Waals surface area contributed by atoms with E-state index in [4.69, 9.17) is 14.2 Å². The van der Waals surface area contributed by atoms with Crippen LogP contribution in [0.5, 0.6) is 17.2 Å². The maximum atomic E-state index is 14.0. The van der Waals surface area contributed by atoms with E-state index in [1.54, 1.807) is 12.0 Å². The fourth-order valence-corrected chi connectivity index (χ4v) is 5.71. The van der Waals surface area contributed by atoms with Crippen molar-refractivity contribution >= 4 is 22.7 Å². The third kappa shape index (κ3) is 3.75. The molecule has 8 heteroatoms. The molecular formula is C28H31N3O5.